The first-order chi connectivity index (χ1) is 11.2. The number of rotatable bonds is 1. The molecule has 0 spiro atoms. The standard InChI is InChI=1S/C19H26O5/c1-9(2)15-10-7-12-16-18(3,11(10)8-14(21)24-15)6-5-13(20)19(16,4)17(22)23-12/h8-10,12-13,15-16,20H,5-7H2,1-4H3/t10?,12?,13-,15+,16?,18+,19-/m0/s1. The molecule has 0 radical (unpaired) electrons. The van der Waals surface area contributed by atoms with E-state index in [4.69, 9.17) is 9.47 Å². The van der Waals surface area contributed by atoms with Gasteiger partial charge < -0.3 is 14.6 Å². The normalized spacial score (nSPS) is 49.9. The highest BCUT2D eigenvalue weighted by Crippen LogP contribution is 2.66. The summed E-state index contributed by atoms with van der Waals surface area (Å²) in [5.74, 6) is -0.344. The van der Waals surface area contributed by atoms with Gasteiger partial charge in [-0.1, -0.05) is 20.8 Å². The van der Waals surface area contributed by atoms with Crippen LogP contribution in [0.1, 0.15) is 47.0 Å². The molecule has 1 saturated heterocycles. The van der Waals surface area contributed by atoms with Gasteiger partial charge in [-0.3, -0.25) is 4.79 Å². The van der Waals surface area contributed by atoms with Crippen molar-refractivity contribution in [3.63, 3.8) is 0 Å². The lowest BCUT2D eigenvalue weighted by atomic mass is 9.46. The molecule has 3 fully saturated rings. The molecule has 4 rings (SSSR count). The molecular weight excluding hydrogens is 308 g/mol. The van der Waals surface area contributed by atoms with Gasteiger partial charge in [-0.15, -0.1) is 0 Å². The lowest BCUT2D eigenvalue weighted by Gasteiger charge is -2.57. The summed E-state index contributed by atoms with van der Waals surface area (Å²) in [6.45, 7) is 8.10. The van der Waals surface area contributed by atoms with Gasteiger partial charge in [-0.25, -0.2) is 4.79 Å². The Morgan fingerprint density at radius 2 is 1.96 bits per heavy atom. The molecule has 2 aliphatic heterocycles. The third kappa shape index (κ3) is 1.79. The van der Waals surface area contributed by atoms with Gasteiger partial charge in [0.15, 0.2) is 0 Å². The van der Waals surface area contributed by atoms with E-state index in [1.54, 1.807) is 6.08 Å². The van der Waals surface area contributed by atoms with Crippen LogP contribution in [0.5, 0.6) is 0 Å². The van der Waals surface area contributed by atoms with Crippen LogP contribution < -0.4 is 0 Å². The molecule has 2 aliphatic carbocycles. The number of hydrogen-bond acceptors (Lipinski definition) is 5. The first-order valence-electron chi connectivity index (χ1n) is 9.01. The third-order valence-corrected chi connectivity index (χ3v) is 7.16. The summed E-state index contributed by atoms with van der Waals surface area (Å²) < 4.78 is 11.4. The largest absolute Gasteiger partial charge is 0.461 e. The van der Waals surface area contributed by atoms with E-state index in [-0.39, 0.29) is 47.3 Å². The summed E-state index contributed by atoms with van der Waals surface area (Å²) in [7, 11) is 0. The number of carbonyl (C=O) groups is 2. The maximum atomic E-state index is 12.6. The average Bonchev–Trinajstić information content (AvgIpc) is 2.77. The second-order valence-corrected chi connectivity index (χ2v) is 8.76. The fraction of sp³-hybridized carbons (Fsp3) is 0.789. The van der Waals surface area contributed by atoms with Crippen molar-refractivity contribution in [2.45, 2.75) is 65.3 Å². The van der Waals surface area contributed by atoms with E-state index in [2.05, 4.69) is 20.8 Å². The minimum Gasteiger partial charge on any atom is -0.461 e. The van der Waals surface area contributed by atoms with Gasteiger partial charge in [-0.2, -0.15) is 0 Å². The lowest BCUT2D eigenvalue weighted by molar-refractivity contribution is -0.157. The van der Waals surface area contributed by atoms with Crippen LogP contribution in [0.25, 0.3) is 0 Å². The highest BCUT2D eigenvalue weighted by molar-refractivity contribution is 5.85. The molecule has 2 saturated carbocycles. The van der Waals surface area contributed by atoms with E-state index in [0.29, 0.717) is 12.8 Å². The molecular formula is C19H26O5. The van der Waals surface area contributed by atoms with Gasteiger partial charge >= 0.3 is 11.9 Å². The predicted molar refractivity (Wildman–Crippen MR) is 85.7 cm³/mol. The number of ether oxygens (including phenoxy) is 2. The van der Waals surface area contributed by atoms with Crippen LogP contribution in [0, 0.1) is 28.6 Å². The Morgan fingerprint density at radius 3 is 2.62 bits per heavy atom. The number of fused-ring (bicyclic) bond motifs is 2. The van der Waals surface area contributed by atoms with Crippen LogP contribution in [0.2, 0.25) is 0 Å². The first kappa shape index (κ1) is 16.1. The smallest absolute Gasteiger partial charge is 0.331 e. The monoisotopic (exact) mass is 334 g/mol. The van der Waals surface area contributed by atoms with Crippen LogP contribution in [0.3, 0.4) is 0 Å². The maximum absolute atomic E-state index is 12.6. The number of carbonyl (C=O) groups excluding carboxylic acids is 2. The van der Waals surface area contributed by atoms with Crippen molar-refractivity contribution in [3.8, 4) is 0 Å². The molecule has 0 bridgehead atoms. The highest BCUT2D eigenvalue weighted by atomic mass is 16.6. The minimum absolute atomic E-state index is 0.0811. The summed E-state index contributed by atoms with van der Waals surface area (Å²) in [4.78, 5) is 24.8. The molecule has 7 atom stereocenters. The Labute approximate surface area is 142 Å². The van der Waals surface area contributed by atoms with Gasteiger partial charge in [0.05, 0.1) is 11.5 Å². The van der Waals surface area contributed by atoms with Gasteiger partial charge in [0, 0.05) is 17.9 Å². The molecule has 0 amide bonds. The van der Waals surface area contributed by atoms with Crippen molar-refractivity contribution < 1.29 is 24.2 Å². The first-order valence-corrected chi connectivity index (χ1v) is 9.01. The van der Waals surface area contributed by atoms with Crippen molar-refractivity contribution in [1.29, 1.82) is 0 Å². The highest BCUT2D eigenvalue weighted by Gasteiger charge is 2.70. The number of cyclic esters (lactones) is 1. The summed E-state index contributed by atoms with van der Waals surface area (Å²) in [5.41, 5.74) is -0.0755. The van der Waals surface area contributed by atoms with Gasteiger partial charge in [0.2, 0.25) is 0 Å². The fourth-order valence-electron chi connectivity index (χ4n) is 6.02. The van der Waals surface area contributed by atoms with E-state index in [0.717, 1.165) is 12.0 Å². The Balaban J connectivity index is 1.85. The summed E-state index contributed by atoms with van der Waals surface area (Å²) in [5, 5.41) is 10.6. The van der Waals surface area contributed by atoms with Crippen molar-refractivity contribution in [1.82, 2.24) is 0 Å². The van der Waals surface area contributed by atoms with Gasteiger partial charge in [0.1, 0.15) is 12.2 Å². The van der Waals surface area contributed by atoms with E-state index >= 15 is 0 Å². The summed E-state index contributed by atoms with van der Waals surface area (Å²) in [6.07, 6.45) is 2.59. The number of esters is 2. The Kier molecular flexibility index (Phi) is 3.25. The molecule has 0 aromatic heterocycles. The van der Waals surface area contributed by atoms with Crippen molar-refractivity contribution >= 4 is 11.9 Å². The molecule has 4 aliphatic rings. The Hall–Kier alpha value is -1.36. The van der Waals surface area contributed by atoms with E-state index in [1.165, 1.54) is 0 Å². The zero-order valence-corrected chi connectivity index (χ0v) is 14.7. The Bertz CT molecular complexity index is 638. The quantitative estimate of drug-likeness (QED) is 0.745. The Morgan fingerprint density at radius 1 is 1.25 bits per heavy atom. The van der Waals surface area contributed by atoms with Crippen LogP contribution >= 0.6 is 0 Å². The molecule has 5 heteroatoms. The molecule has 132 valence electrons. The molecule has 5 nitrogen and oxygen atoms in total. The topological polar surface area (TPSA) is 72.8 Å². The SMILES string of the molecule is CC(C)[C@H]1OC(=O)C=C2C1CC1OC(=O)[C@]3(C)C1[C@]2(C)CC[C@@H]3O. The molecule has 2 heterocycles. The summed E-state index contributed by atoms with van der Waals surface area (Å²) >= 11 is 0. The third-order valence-electron chi connectivity index (χ3n) is 7.16. The number of aliphatic hydroxyl groups excluding tert-OH is 1. The van der Waals surface area contributed by atoms with Crippen molar-refractivity contribution in [3.05, 3.63) is 11.6 Å². The average molecular weight is 334 g/mol. The lowest BCUT2D eigenvalue weighted by Crippen LogP contribution is -2.59. The summed E-state index contributed by atoms with van der Waals surface area (Å²) in [6, 6.07) is 0. The molecule has 24 heavy (non-hydrogen) atoms. The van der Waals surface area contributed by atoms with Crippen molar-refractivity contribution in [2.75, 3.05) is 0 Å². The van der Waals surface area contributed by atoms with Crippen molar-refractivity contribution in [2.24, 2.45) is 28.6 Å². The molecule has 0 aromatic rings. The second-order valence-electron chi connectivity index (χ2n) is 8.76. The van der Waals surface area contributed by atoms with Gasteiger partial charge in [0.25, 0.3) is 0 Å². The van der Waals surface area contributed by atoms with E-state index in [1.807, 2.05) is 6.92 Å². The van der Waals surface area contributed by atoms with Crippen LogP contribution in [0.4, 0.5) is 0 Å². The van der Waals surface area contributed by atoms with Crippen LogP contribution in [-0.2, 0) is 19.1 Å². The van der Waals surface area contributed by atoms with Gasteiger partial charge in [-0.05, 0) is 43.1 Å². The van der Waals surface area contributed by atoms with E-state index in [9.17, 15) is 14.7 Å². The number of hydrogen-bond donors (Lipinski definition) is 1. The molecule has 3 unspecified atom stereocenters. The zero-order chi connectivity index (χ0) is 17.4. The predicted octanol–water partition coefficient (Wildman–Crippen LogP) is 2.22. The maximum Gasteiger partial charge on any atom is 0.331 e. The van der Waals surface area contributed by atoms with E-state index < -0.39 is 11.5 Å². The molecule has 1 N–H and O–H groups in total. The van der Waals surface area contributed by atoms with Crippen LogP contribution in [0.15, 0.2) is 11.6 Å². The zero-order valence-electron chi connectivity index (χ0n) is 14.7. The molecule has 0 aromatic carbocycles. The second kappa shape index (κ2) is 4.84. The fourth-order valence-corrected chi connectivity index (χ4v) is 6.02. The van der Waals surface area contributed by atoms with Crippen LogP contribution in [-0.4, -0.2) is 35.4 Å². The number of aliphatic hydroxyl groups is 1. The minimum atomic E-state index is -0.877.